The van der Waals surface area contributed by atoms with Gasteiger partial charge in [0.1, 0.15) is 6.04 Å². The van der Waals surface area contributed by atoms with E-state index in [4.69, 9.17) is 16.1 Å². The number of nitrogens with zero attached hydrogens (tertiary/aromatic N) is 2. The van der Waals surface area contributed by atoms with E-state index in [1.54, 1.807) is 12.1 Å². The lowest BCUT2D eigenvalue weighted by atomic mass is 10.1. The lowest BCUT2D eigenvalue weighted by Crippen LogP contribution is -2.31. The summed E-state index contributed by atoms with van der Waals surface area (Å²) in [7, 11) is 0. The molecule has 1 atom stereocenters. The summed E-state index contributed by atoms with van der Waals surface area (Å²) in [5.41, 5.74) is -0.205. The molecule has 0 bridgehead atoms. The number of aromatic nitrogens is 2. The van der Waals surface area contributed by atoms with Crippen molar-refractivity contribution in [2.24, 2.45) is 0 Å². The average molecular weight is 442 g/mol. The van der Waals surface area contributed by atoms with Crippen LogP contribution >= 0.6 is 11.6 Å². The molecule has 6 nitrogen and oxygen atoms in total. The van der Waals surface area contributed by atoms with Crippen molar-refractivity contribution in [1.29, 1.82) is 0 Å². The second-order valence-electron chi connectivity index (χ2n) is 6.03. The van der Waals surface area contributed by atoms with Gasteiger partial charge in [0.25, 0.3) is 11.8 Å². The van der Waals surface area contributed by atoms with Crippen molar-refractivity contribution in [2.75, 3.05) is 13.3 Å². The molecule has 1 aromatic heterocycles. The predicted molar refractivity (Wildman–Crippen MR) is 106 cm³/mol. The number of alkyl halides is 3. The topological polar surface area (TPSA) is 88.3 Å². The summed E-state index contributed by atoms with van der Waals surface area (Å²) >= 11 is 5.78. The molecule has 1 aromatic carbocycles. The van der Waals surface area contributed by atoms with Crippen molar-refractivity contribution >= 4 is 23.6 Å². The van der Waals surface area contributed by atoms with E-state index in [1.165, 1.54) is 37.3 Å². The summed E-state index contributed by atoms with van der Waals surface area (Å²) in [5, 5.41) is 16.2. The van der Waals surface area contributed by atoms with Crippen LogP contribution in [0, 0.1) is 0 Å². The van der Waals surface area contributed by atoms with Crippen LogP contribution in [0.15, 0.2) is 58.7 Å². The number of aliphatic hydroxyl groups is 1. The Kier molecular flexibility index (Phi) is 8.37. The number of aliphatic hydroxyl groups excluding tert-OH is 1. The lowest BCUT2D eigenvalue weighted by Gasteiger charge is -2.12. The van der Waals surface area contributed by atoms with E-state index < -0.39 is 36.7 Å². The first-order chi connectivity index (χ1) is 14.3. The van der Waals surface area contributed by atoms with E-state index in [9.17, 15) is 23.1 Å². The first-order valence-electron chi connectivity index (χ1n) is 8.77. The predicted octanol–water partition coefficient (Wildman–Crippen LogP) is 4.31. The molecule has 0 unspecified atom stereocenters. The Balaban J connectivity index is 2.11. The van der Waals surface area contributed by atoms with Gasteiger partial charge in [-0.05, 0) is 37.3 Å². The van der Waals surface area contributed by atoms with Crippen molar-refractivity contribution in [1.82, 2.24) is 15.5 Å². The summed E-state index contributed by atoms with van der Waals surface area (Å²) in [6, 6.07) is 5.13. The van der Waals surface area contributed by atoms with Crippen LogP contribution in [-0.4, -0.2) is 40.4 Å². The third kappa shape index (κ3) is 6.30. The Morgan fingerprint density at radius 2 is 2.07 bits per heavy atom. The molecule has 0 spiro atoms. The monoisotopic (exact) mass is 441 g/mol. The van der Waals surface area contributed by atoms with Crippen LogP contribution in [0.25, 0.3) is 6.08 Å². The minimum Gasteiger partial charge on any atom is -0.394 e. The summed E-state index contributed by atoms with van der Waals surface area (Å²) in [4.78, 5) is 16.2. The number of hydrogen-bond acceptors (Lipinski definition) is 5. The van der Waals surface area contributed by atoms with Crippen LogP contribution in [-0.2, 0) is 0 Å². The van der Waals surface area contributed by atoms with Crippen LogP contribution in [0.3, 0.4) is 0 Å². The molecule has 2 rings (SSSR count). The molecule has 1 amide bonds. The van der Waals surface area contributed by atoms with Gasteiger partial charge in [-0.2, -0.15) is 13.8 Å². The molecule has 0 saturated carbocycles. The van der Waals surface area contributed by atoms with Gasteiger partial charge in [0.2, 0.25) is 0 Å². The number of rotatable bonds is 9. The standard InChI is InChI=1S/C20H19ClF3N3O3/c1-2-4-14(20(23,24)12-22)5-3-6-17-26-19(30-27-17)16(11-28)25-18(29)13-7-9-15(21)10-8-13/h2-10,16,28H,11-12H2,1H3,(H,25,29)/b4-2-,6-3+,14-5+/t16-/m1/s1. The number of carbonyl (C=O) groups excluding carboxylic acids is 1. The number of hydrogen-bond donors (Lipinski definition) is 2. The van der Waals surface area contributed by atoms with Crippen molar-refractivity contribution in [3.8, 4) is 0 Å². The van der Waals surface area contributed by atoms with Gasteiger partial charge >= 0.3 is 5.92 Å². The Morgan fingerprint density at radius 1 is 1.37 bits per heavy atom. The second-order valence-corrected chi connectivity index (χ2v) is 6.46. The zero-order valence-corrected chi connectivity index (χ0v) is 16.6. The summed E-state index contributed by atoms with van der Waals surface area (Å²) in [6.45, 7) is -0.807. The Hall–Kier alpha value is -2.91. The maximum absolute atomic E-state index is 13.5. The number of nitrogens with one attached hydrogen (secondary N) is 1. The average Bonchev–Trinajstić information content (AvgIpc) is 3.20. The third-order valence-corrected chi connectivity index (χ3v) is 4.06. The molecule has 10 heteroatoms. The molecule has 30 heavy (non-hydrogen) atoms. The second kappa shape index (κ2) is 10.7. The number of amides is 1. The van der Waals surface area contributed by atoms with Crippen molar-refractivity contribution < 1.29 is 27.6 Å². The smallest absolute Gasteiger partial charge is 0.301 e. The third-order valence-electron chi connectivity index (χ3n) is 3.81. The maximum Gasteiger partial charge on any atom is 0.301 e. The summed E-state index contributed by atoms with van der Waals surface area (Å²) in [5.74, 6) is -4.17. The van der Waals surface area contributed by atoms with Gasteiger partial charge in [0.05, 0.1) is 6.61 Å². The van der Waals surface area contributed by atoms with Crippen molar-refractivity contribution in [2.45, 2.75) is 18.9 Å². The van der Waals surface area contributed by atoms with Crippen molar-refractivity contribution in [3.63, 3.8) is 0 Å². The van der Waals surface area contributed by atoms with Gasteiger partial charge in [-0.3, -0.25) is 4.79 Å². The molecule has 0 saturated heterocycles. The minimum absolute atomic E-state index is 0.0174. The van der Waals surface area contributed by atoms with E-state index in [1.807, 2.05) is 0 Å². The Labute approximate surface area is 175 Å². The molecular formula is C20H19ClF3N3O3. The number of halogens is 4. The summed E-state index contributed by atoms with van der Waals surface area (Å²) in [6.07, 6.45) is 5.97. The van der Waals surface area contributed by atoms with Crippen LogP contribution < -0.4 is 5.32 Å². The fourth-order valence-electron chi connectivity index (χ4n) is 2.28. The quantitative estimate of drug-likeness (QED) is 0.566. The van der Waals surface area contributed by atoms with E-state index in [2.05, 4.69) is 15.5 Å². The fourth-order valence-corrected chi connectivity index (χ4v) is 2.40. The van der Waals surface area contributed by atoms with Crippen LogP contribution in [0.5, 0.6) is 0 Å². The van der Waals surface area contributed by atoms with Crippen molar-refractivity contribution in [3.05, 3.63) is 76.4 Å². The first-order valence-corrected chi connectivity index (χ1v) is 9.14. The van der Waals surface area contributed by atoms with Gasteiger partial charge in [-0.25, -0.2) is 4.39 Å². The molecular weight excluding hydrogens is 423 g/mol. The molecule has 160 valence electrons. The molecule has 2 aromatic rings. The molecule has 0 aliphatic rings. The largest absolute Gasteiger partial charge is 0.394 e. The number of allylic oxidation sites excluding steroid dienone is 5. The molecule has 1 heterocycles. The molecule has 0 aliphatic heterocycles. The summed E-state index contributed by atoms with van der Waals surface area (Å²) < 4.78 is 44.6. The number of carbonyl (C=O) groups is 1. The van der Waals surface area contributed by atoms with Crippen LogP contribution in [0.4, 0.5) is 13.2 Å². The first kappa shape index (κ1) is 23.4. The maximum atomic E-state index is 13.5. The zero-order chi connectivity index (χ0) is 22.1. The van der Waals surface area contributed by atoms with E-state index >= 15 is 0 Å². The van der Waals surface area contributed by atoms with Gasteiger partial charge in [0.15, 0.2) is 12.5 Å². The minimum atomic E-state index is -3.62. The van der Waals surface area contributed by atoms with Gasteiger partial charge in [-0.1, -0.05) is 41.1 Å². The van der Waals surface area contributed by atoms with E-state index in [0.717, 1.165) is 12.2 Å². The highest BCUT2D eigenvalue weighted by Gasteiger charge is 2.32. The lowest BCUT2D eigenvalue weighted by molar-refractivity contribution is 0.0188. The van der Waals surface area contributed by atoms with Gasteiger partial charge < -0.3 is 14.9 Å². The van der Waals surface area contributed by atoms with Crippen LogP contribution in [0.1, 0.15) is 35.0 Å². The molecule has 0 fully saturated rings. The zero-order valence-electron chi connectivity index (χ0n) is 15.9. The Morgan fingerprint density at radius 3 is 2.67 bits per heavy atom. The Bertz CT molecular complexity index is 940. The van der Waals surface area contributed by atoms with Gasteiger partial charge in [0, 0.05) is 16.2 Å². The number of benzene rings is 1. The van der Waals surface area contributed by atoms with Crippen LogP contribution in [0.2, 0.25) is 5.02 Å². The molecule has 2 N–H and O–H groups in total. The highest BCUT2D eigenvalue weighted by Crippen LogP contribution is 2.26. The van der Waals surface area contributed by atoms with E-state index in [-0.39, 0.29) is 11.7 Å². The molecule has 0 aliphatic carbocycles. The SMILES string of the molecule is C\C=C/C(=C\C=C\c1noc([C@@H](CO)NC(=O)c2ccc(Cl)cc2)n1)C(F)(F)CF. The fraction of sp³-hybridized carbons (Fsp3) is 0.250. The normalized spacial score (nSPS) is 13.9. The molecule has 0 radical (unpaired) electrons. The van der Waals surface area contributed by atoms with E-state index in [0.29, 0.717) is 10.6 Å². The highest BCUT2D eigenvalue weighted by atomic mass is 35.5. The van der Waals surface area contributed by atoms with Gasteiger partial charge in [-0.15, -0.1) is 0 Å². The highest BCUT2D eigenvalue weighted by molar-refractivity contribution is 6.30.